The summed E-state index contributed by atoms with van der Waals surface area (Å²) in [6.07, 6.45) is 10.7. The van der Waals surface area contributed by atoms with Gasteiger partial charge in [0.25, 0.3) is 5.69 Å². The molecule has 172 valence electrons. The molecule has 0 amide bonds. The van der Waals surface area contributed by atoms with E-state index in [0.717, 1.165) is 19.3 Å². The quantitative estimate of drug-likeness (QED) is 0.107. The van der Waals surface area contributed by atoms with Crippen LogP contribution in [0.4, 0.5) is 5.69 Å². The van der Waals surface area contributed by atoms with Crippen LogP contribution in [-0.2, 0) is 4.79 Å². The van der Waals surface area contributed by atoms with Crippen molar-refractivity contribution in [2.24, 2.45) is 0 Å². The molecular weight excluding hydrogens is 410 g/mol. The fourth-order valence-corrected chi connectivity index (χ4v) is 3.25. The van der Waals surface area contributed by atoms with Gasteiger partial charge in [-0.05, 0) is 30.7 Å². The number of non-ortho nitro benzene ring substituents is 1. The third-order valence-electron chi connectivity index (χ3n) is 5.07. The molecular formula is C25H31NO6. The van der Waals surface area contributed by atoms with Gasteiger partial charge in [0.05, 0.1) is 10.5 Å². The molecule has 0 fully saturated rings. The van der Waals surface area contributed by atoms with E-state index < -0.39 is 10.9 Å². The Morgan fingerprint density at radius 3 is 1.88 bits per heavy atom. The highest BCUT2D eigenvalue weighted by molar-refractivity contribution is 5.91. The molecule has 0 unspecified atom stereocenters. The standard InChI is InChI=1S/C25H31NO6/c1-2-3-4-5-6-7-8-9-10-15-24(27)31-22-13-11-12-14-23(22)32-25(28)20-16-18-21(19-17-20)26(29)30/h11-14,16-19H,2-10,15H2,1H3. The van der Waals surface area contributed by atoms with Gasteiger partial charge in [0.2, 0.25) is 0 Å². The van der Waals surface area contributed by atoms with Crippen LogP contribution >= 0.6 is 0 Å². The van der Waals surface area contributed by atoms with Gasteiger partial charge in [-0.3, -0.25) is 14.9 Å². The number of rotatable bonds is 14. The second-order valence-electron chi connectivity index (χ2n) is 7.69. The zero-order valence-electron chi connectivity index (χ0n) is 18.6. The summed E-state index contributed by atoms with van der Waals surface area (Å²) >= 11 is 0. The molecule has 0 aliphatic rings. The largest absolute Gasteiger partial charge is 0.423 e. The molecule has 2 aromatic rings. The van der Waals surface area contributed by atoms with E-state index in [2.05, 4.69) is 6.92 Å². The van der Waals surface area contributed by atoms with E-state index in [4.69, 9.17) is 9.47 Å². The molecule has 0 aliphatic heterocycles. The summed E-state index contributed by atoms with van der Waals surface area (Å²) in [5.74, 6) is -0.769. The van der Waals surface area contributed by atoms with E-state index in [-0.39, 0.29) is 28.7 Å². The van der Waals surface area contributed by atoms with Gasteiger partial charge >= 0.3 is 11.9 Å². The van der Waals surface area contributed by atoms with Gasteiger partial charge < -0.3 is 9.47 Å². The number of nitro groups is 1. The van der Waals surface area contributed by atoms with Gasteiger partial charge in [-0.2, -0.15) is 0 Å². The van der Waals surface area contributed by atoms with Crippen molar-refractivity contribution < 1.29 is 24.0 Å². The molecule has 2 aromatic carbocycles. The average Bonchev–Trinajstić information content (AvgIpc) is 2.79. The van der Waals surface area contributed by atoms with Gasteiger partial charge in [0.15, 0.2) is 11.5 Å². The molecule has 0 N–H and O–H groups in total. The average molecular weight is 442 g/mol. The predicted molar refractivity (Wildman–Crippen MR) is 122 cm³/mol. The Balaban J connectivity index is 1.78. The van der Waals surface area contributed by atoms with Gasteiger partial charge in [-0.25, -0.2) is 4.79 Å². The highest BCUT2D eigenvalue weighted by Gasteiger charge is 2.16. The van der Waals surface area contributed by atoms with Gasteiger partial charge in [-0.15, -0.1) is 0 Å². The van der Waals surface area contributed by atoms with Crippen LogP contribution < -0.4 is 9.47 Å². The molecule has 0 aromatic heterocycles. The van der Waals surface area contributed by atoms with Gasteiger partial charge in [0.1, 0.15) is 0 Å². The van der Waals surface area contributed by atoms with Crippen molar-refractivity contribution in [1.82, 2.24) is 0 Å². The van der Waals surface area contributed by atoms with Crippen LogP contribution in [0.25, 0.3) is 0 Å². The number of unbranched alkanes of at least 4 members (excludes halogenated alkanes) is 8. The molecule has 32 heavy (non-hydrogen) atoms. The summed E-state index contributed by atoms with van der Waals surface area (Å²) in [6, 6.07) is 11.5. The molecule has 0 heterocycles. The summed E-state index contributed by atoms with van der Waals surface area (Å²) < 4.78 is 10.7. The van der Waals surface area contributed by atoms with E-state index in [1.54, 1.807) is 18.2 Å². The van der Waals surface area contributed by atoms with Crippen LogP contribution in [0.5, 0.6) is 11.5 Å². The first-order valence-electron chi connectivity index (χ1n) is 11.3. The normalized spacial score (nSPS) is 10.5. The fourth-order valence-electron chi connectivity index (χ4n) is 3.25. The van der Waals surface area contributed by atoms with E-state index in [1.165, 1.54) is 68.9 Å². The number of carbonyl (C=O) groups excluding carboxylic acids is 2. The monoisotopic (exact) mass is 441 g/mol. The molecule has 0 atom stereocenters. The van der Waals surface area contributed by atoms with Crippen LogP contribution in [0.1, 0.15) is 81.5 Å². The van der Waals surface area contributed by atoms with Crippen molar-refractivity contribution in [2.75, 3.05) is 0 Å². The minimum absolute atomic E-state index is 0.118. The maximum atomic E-state index is 12.4. The zero-order valence-corrected chi connectivity index (χ0v) is 18.6. The first kappa shape index (κ1) is 25.0. The van der Waals surface area contributed by atoms with Crippen molar-refractivity contribution in [3.63, 3.8) is 0 Å². The number of ether oxygens (including phenoxy) is 2. The number of hydrogen-bond donors (Lipinski definition) is 0. The third kappa shape index (κ3) is 8.88. The maximum absolute atomic E-state index is 12.4. The molecule has 0 radical (unpaired) electrons. The molecule has 7 heteroatoms. The van der Waals surface area contributed by atoms with Crippen LogP contribution in [0.3, 0.4) is 0 Å². The number of nitro benzene ring substituents is 1. The van der Waals surface area contributed by atoms with E-state index >= 15 is 0 Å². The smallest absolute Gasteiger partial charge is 0.343 e. The number of para-hydroxylation sites is 2. The number of esters is 2. The minimum Gasteiger partial charge on any atom is -0.423 e. The third-order valence-corrected chi connectivity index (χ3v) is 5.07. The Hall–Kier alpha value is -3.22. The molecule has 0 saturated carbocycles. The topological polar surface area (TPSA) is 95.7 Å². The van der Waals surface area contributed by atoms with Gasteiger partial charge in [0, 0.05) is 18.6 Å². The van der Waals surface area contributed by atoms with Crippen LogP contribution in [-0.4, -0.2) is 16.9 Å². The Morgan fingerprint density at radius 1 is 0.781 bits per heavy atom. The van der Waals surface area contributed by atoms with E-state index in [9.17, 15) is 19.7 Å². The second kappa shape index (κ2) is 14.0. The van der Waals surface area contributed by atoms with E-state index in [1.807, 2.05) is 0 Å². The number of nitrogens with zero attached hydrogens (tertiary/aromatic N) is 1. The van der Waals surface area contributed by atoms with Crippen LogP contribution in [0.15, 0.2) is 48.5 Å². The van der Waals surface area contributed by atoms with Crippen molar-refractivity contribution >= 4 is 17.6 Å². The second-order valence-corrected chi connectivity index (χ2v) is 7.69. The first-order valence-corrected chi connectivity index (χ1v) is 11.3. The predicted octanol–water partition coefficient (Wildman–Crippen LogP) is 6.64. The van der Waals surface area contributed by atoms with Crippen molar-refractivity contribution in [1.29, 1.82) is 0 Å². The Kier molecular flexibility index (Phi) is 10.9. The molecule has 2 rings (SSSR count). The van der Waals surface area contributed by atoms with Crippen LogP contribution in [0.2, 0.25) is 0 Å². The molecule has 0 bridgehead atoms. The highest BCUT2D eigenvalue weighted by Crippen LogP contribution is 2.28. The summed E-state index contributed by atoms with van der Waals surface area (Å²) in [5.41, 5.74) is 0.0406. The molecule has 0 spiro atoms. The lowest BCUT2D eigenvalue weighted by Crippen LogP contribution is -2.12. The van der Waals surface area contributed by atoms with Crippen LogP contribution in [0, 0.1) is 10.1 Å². The Morgan fingerprint density at radius 2 is 1.31 bits per heavy atom. The van der Waals surface area contributed by atoms with E-state index in [0.29, 0.717) is 6.42 Å². The summed E-state index contributed by atoms with van der Waals surface area (Å²) in [5, 5.41) is 10.7. The van der Waals surface area contributed by atoms with Gasteiger partial charge in [-0.1, -0.05) is 70.4 Å². The van der Waals surface area contributed by atoms with Crippen molar-refractivity contribution in [2.45, 2.75) is 71.1 Å². The SMILES string of the molecule is CCCCCCCCCCCC(=O)Oc1ccccc1OC(=O)c1ccc([N+](=O)[O-])cc1. The summed E-state index contributed by atoms with van der Waals surface area (Å²) in [4.78, 5) is 34.8. The Labute approximate surface area is 188 Å². The molecule has 0 aliphatic carbocycles. The number of carbonyl (C=O) groups is 2. The molecule has 7 nitrogen and oxygen atoms in total. The summed E-state index contributed by atoms with van der Waals surface area (Å²) in [7, 11) is 0. The van der Waals surface area contributed by atoms with Crippen molar-refractivity contribution in [3.05, 3.63) is 64.2 Å². The maximum Gasteiger partial charge on any atom is 0.343 e. The lowest BCUT2D eigenvalue weighted by Gasteiger charge is -2.10. The highest BCUT2D eigenvalue weighted by atomic mass is 16.6. The molecule has 0 saturated heterocycles. The Bertz CT molecular complexity index is 878. The first-order chi connectivity index (χ1) is 15.5. The fraction of sp³-hybridized carbons (Fsp3) is 0.440. The number of hydrogen-bond acceptors (Lipinski definition) is 6. The zero-order chi connectivity index (χ0) is 23.2. The summed E-state index contributed by atoms with van der Waals surface area (Å²) in [6.45, 7) is 2.21. The van der Waals surface area contributed by atoms with Crippen molar-refractivity contribution in [3.8, 4) is 11.5 Å². The lowest BCUT2D eigenvalue weighted by atomic mass is 10.1. The lowest BCUT2D eigenvalue weighted by molar-refractivity contribution is -0.384. The number of benzene rings is 2. The minimum atomic E-state index is -0.692.